The van der Waals surface area contributed by atoms with Crippen LogP contribution in [0.5, 0.6) is 0 Å². The summed E-state index contributed by atoms with van der Waals surface area (Å²) >= 11 is 5.05. The van der Waals surface area contributed by atoms with Gasteiger partial charge in [-0.3, -0.25) is 9.59 Å². The van der Waals surface area contributed by atoms with E-state index in [0.29, 0.717) is 0 Å². The van der Waals surface area contributed by atoms with Gasteiger partial charge in [0.05, 0.1) is 0 Å². The molecule has 1 atom stereocenters. The van der Waals surface area contributed by atoms with E-state index >= 15 is 0 Å². The van der Waals surface area contributed by atoms with Crippen molar-refractivity contribution in [3.8, 4) is 0 Å². The van der Waals surface area contributed by atoms with E-state index in [1.54, 1.807) is 0 Å². The highest BCUT2D eigenvalue weighted by molar-refractivity contribution is 6.42. The van der Waals surface area contributed by atoms with Crippen LogP contribution in [0.25, 0.3) is 0 Å². The van der Waals surface area contributed by atoms with Crippen LogP contribution in [0.3, 0.4) is 0 Å². The molecule has 0 aliphatic carbocycles. The number of aliphatic carboxylic acids is 1. The number of carboxylic acids is 1. The number of rotatable bonds is 3. The van der Waals surface area contributed by atoms with E-state index in [4.69, 9.17) is 16.7 Å². The number of allylic oxidation sites excluding steroid dienone is 1. The van der Waals surface area contributed by atoms with Crippen LogP contribution in [0.1, 0.15) is 0 Å². The second-order valence-electron chi connectivity index (χ2n) is 1.31. The fraction of sp³-hybridized carbons (Fsp3) is 0.200. The Morgan fingerprint density at radius 1 is 1.67 bits per heavy atom. The Kier molecular flexibility index (Phi) is 2.95. The number of alkyl halides is 1. The Morgan fingerprint density at radius 2 is 2.11 bits per heavy atom. The van der Waals surface area contributed by atoms with E-state index < -0.39 is 17.1 Å². The minimum Gasteiger partial charge on any atom is -0.480 e. The molecular formula is C5H5ClO3. The minimum atomic E-state index is -1.48. The van der Waals surface area contributed by atoms with Crippen LogP contribution >= 0.6 is 11.6 Å². The quantitative estimate of drug-likeness (QED) is 0.359. The molecule has 3 nitrogen and oxygen atoms in total. The van der Waals surface area contributed by atoms with E-state index in [9.17, 15) is 9.59 Å². The van der Waals surface area contributed by atoms with Crippen molar-refractivity contribution in [2.24, 2.45) is 0 Å². The van der Waals surface area contributed by atoms with Gasteiger partial charge in [-0.1, -0.05) is 6.58 Å². The highest BCUT2D eigenvalue weighted by Gasteiger charge is 2.19. The van der Waals surface area contributed by atoms with Gasteiger partial charge in [-0.05, 0) is 6.08 Å². The number of carboxylic acid groups (broad SMARTS) is 1. The van der Waals surface area contributed by atoms with Crippen LogP contribution in [0.2, 0.25) is 0 Å². The third-order valence-corrected chi connectivity index (χ3v) is 1.07. The molecule has 0 aromatic rings. The predicted molar refractivity (Wildman–Crippen MR) is 32.5 cm³/mol. The summed E-state index contributed by atoms with van der Waals surface area (Å²) in [6.45, 7) is 3.07. The van der Waals surface area contributed by atoms with Gasteiger partial charge in [-0.2, -0.15) is 0 Å². The lowest BCUT2D eigenvalue weighted by Gasteiger charge is -1.94. The Labute approximate surface area is 56.9 Å². The van der Waals surface area contributed by atoms with Gasteiger partial charge in [-0.15, -0.1) is 11.6 Å². The van der Waals surface area contributed by atoms with Gasteiger partial charge >= 0.3 is 5.97 Å². The van der Waals surface area contributed by atoms with E-state index in [1.807, 2.05) is 0 Å². The number of carbonyl (C=O) groups excluding carboxylic acids is 1. The van der Waals surface area contributed by atoms with Crippen LogP contribution < -0.4 is 0 Å². The molecule has 1 N–H and O–H groups in total. The summed E-state index contributed by atoms with van der Waals surface area (Å²) in [5.74, 6) is -2.04. The van der Waals surface area contributed by atoms with Crippen LogP contribution in [0, 0.1) is 0 Å². The molecule has 0 bridgehead atoms. The van der Waals surface area contributed by atoms with Crippen LogP contribution in [-0.4, -0.2) is 22.2 Å². The van der Waals surface area contributed by atoms with Gasteiger partial charge in [0, 0.05) is 0 Å². The maximum Gasteiger partial charge on any atom is 0.329 e. The monoisotopic (exact) mass is 148 g/mol. The first-order valence-electron chi connectivity index (χ1n) is 2.12. The van der Waals surface area contributed by atoms with Crippen molar-refractivity contribution in [2.45, 2.75) is 5.38 Å². The number of halogens is 1. The summed E-state index contributed by atoms with van der Waals surface area (Å²) in [4.78, 5) is 20.2. The molecule has 1 unspecified atom stereocenters. The molecule has 0 fully saturated rings. The van der Waals surface area contributed by atoms with E-state index in [2.05, 4.69) is 6.58 Å². The second kappa shape index (κ2) is 3.25. The number of carbonyl (C=O) groups is 2. The second-order valence-corrected chi connectivity index (χ2v) is 1.74. The molecule has 0 radical (unpaired) electrons. The number of ketones is 1. The van der Waals surface area contributed by atoms with Crippen molar-refractivity contribution in [1.82, 2.24) is 0 Å². The SMILES string of the molecule is C=CC(=O)C(Cl)C(=O)O. The zero-order valence-corrected chi connectivity index (χ0v) is 5.26. The molecule has 0 spiro atoms. The lowest BCUT2D eigenvalue weighted by atomic mass is 10.3. The minimum absolute atomic E-state index is 0.691. The molecule has 0 saturated carbocycles. The summed E-state index contributed by atoms with van der Waals surface area (Å²) in [5.41, 5.74) is 0. The number of hydrogen-bond acceptors (Lipinski definition) is 2. The van der Waals surface area contributed by atoms with E-state index in [-0.39, 0.29) is 0 Å². The number of hydrogen-bond donors (Lipinski definition) is 1. The summed E-state index contributed by atoms with van der Waals surface area (Å²) < 4.78 is 0. The Hall–Kier alpha value is -0.830. The maximum absolute atomic E-state index is 10.3. The van der Waals surface area contributed by atoms with Gasteiger partial charge in [0.15, 0.2) is 11.2 Å². The molecule has 9 heavy (non-hydrogen) atoms. The lowest BCUT2D eigenvalue weighted by molar-refractivity contribution is -0.138. The molecule has 0 aliphatic heterocycles. The summed E-state index contributed by atoms with van der Waals surface area (Å²) in [5, 5.41) is 6.60. The first-order chi connectivity index (χ1) is 4.09. The lowest BCUT2D eigenvalue weighted by Crippen LogP contribution is -2.21. The van der Waals surface area contributed by atoms with Crippen molar-refractivity contribution in [1.29, 1.82) is 0 Å². The Bertz CT molecular complexity index is 152. The van der Waals surface area contributed by atoms with Gasteiger partial charge in [0.2, 0.25) is 0 Å². The molecule has 0 heterocycles. The largest absolute Gasteiger partial charge is 0.480 e. The molecule has 0 aromatic heterocycles. The Morgan fingerprint density at radius 3 is 2.22 bits per heavy atom. The molecule has 4 heteroatoms. The van der Waals surface area contributed by atoms with E-state index in [0.717, 1.165) is 6.08 Å². The van der Waals surface area contributed by atoms with Gasteiger partial charge < -0.3 is 5.11 Å². The van der Waals surface area contributed by atoms with E-state index in [1.165, 1.54) is 0 Å². The molecular weight excluding hydrogens is 144 g/mol. The molecule has 50 valence electrons. The van der Waals surface area contributed by atoms with Crippen molar-refractivity contribution in [3.63, 3.8) is 0 Å². The molecule has 0 aromatic carbocycles. The molecule has 0 amide bonds. The fourth-order valence-electron chi connectivity index (χ4n) is 0.225. The van der Waals surface area contributed by atoms with Gasteiger partial charge in [-0.25, -0.2) is 0 Å². The highest BCUT2D eigenvalue weighted by Crippen LogP contribution is 1.97. The summed E-state index contributed by atoms with van der Waals surface area (Å²) in [7, 11) is 0. The molecule has 0 saturated heterocycles. The summed E-state index contributed by atoms with van der Waals surface area (Å²) in [6.07, 6.45) is 0.881. The average Bonchev–Trinajstić information content (AvgIpc) is 1.84. The first kappa shape index (κ1) is 8.17. The zero-order chi connectivity index (χ0) is 7.44. The van der Waals surface area contributed by atoms with Gasteiger partial charge in [0.1, 0.15) is 0 Å². The smallest absolute Gasteiger partial charge is 0.329 e. The Balaban J connectivity index is 4.03. The zero-order valence-electron chi connectivity index (χ0n) is 4.50. The predicted octanol–water partition coefficient (Wildman–Crippen LogP) is 0.433. The van der Waals surface area contributed by atoms with Crippen LogP contribution in [-0.2, 0) is 9.59 Å². The topological polar surface area (TPSA) is 54.4 Å². The standard InChI is InChI=1S/C5H5ClO3/c1-2-3(7)4(6)5(8)9/h2,4H,1H2,(H,8,9). The highest BCUT2D eigenvalue weighted by atomic mass is 35.5. The van der Waals surface area contributed by atoms with Gasteiger partial charge in [0.25, 0.3) is 0 Å². The maximum atomic E-state index is 10.3. The van der Waals surface area contributed by atoms with Crippen molar-refractivity contribution < 1.29 is 14.7 Å². The third kappa shape index (κ3) is 2.28. The molecule has 0 aliphatic rings. The normalized spacial score (nSPS) is 12.1. The summed E-state index contributed by atoms with van der Waals surface area (Å²) in [6, 6.07) is 0. The van der Waals surface area contributed by atoms with Crippen LogP contribution in [0.15, 0.2) is 12.7 Å². The third-order valence-electron chi connectivity index (χ3n) is 0.668. The van der Waals surface area contributed by atoms with Crippen molar-refractivity contribution in [2.75, 3.05) is 0 Å². The fourth-order valence-corrected chi connectivity index (χ4v) is 0.314. The molecule has 0 rings (SSSR count). The first-order valence-corrected chi connectivity index (χ1v) is 2.56. The van der Waals surface area contributed by atoms with Crippen LogP contribution in [0.4, 0.5) is 0 Å². The van der Waals surface area contributed by atoms with Crippen molar-refractivity contribution >= 4 is 23.4 Å². The van der Waals surface area contributed by atoms with Crippen molar-refractivity contribution in [3.05, 3.63) is 12.7 Å². The average molecular weight is 149 g/mol.